The zero-order chi connectivity index (χ0) is 22.0. The van der Waals surface area contributed by atoms with Gasteiger partial charge in [0.05, 0.1) is 29.5 Å². The quantitative estimate of drug-likeness (QED) is 0.746. The van der Waals surface area contributed by atoms with Crippen LogP contribution < -0.4 is 15.2 Å². The highest BCUT2D eigenvalue weighted by molar-refractivity contribution is 7.91. The van der Waals surface area contributed by atoms with Gasteiger partial charge in [0.25, 0.3) is 5.91 Å². The fraction of sp³-hybridized carbons (Fsp3) is 0.286. The van der Waals surface area contributed by atoms with Crippen molar-refractivity contribution in [1.29, 1.82) is 5.26 Å². The Morgan fingerprint density at radius 1 is 1.29 bits per heavy atom. The zero-order valence-electron chi connectivity index (χ0n) is 16.6. The number of fused-ring (bicyclic) bond motifs is 1. The highest BCUT2D eigenvalue weighted by Gasteiger charge is 2.27. The minimum absolute atomic E-state index is 0.0722. The van der Waals surface area contributed by atoms with Gasteiger partial charge in [-0.25, -0.2) is 0 Å². The smallest absolute Gasteiger partial charge is 0.344 e. The van der Waals surface area contributed by atoms with Crippen LogP contribution in [0.15, 0.2) is 46.9 Å². The van der Waals surface area contributed by atoms with Crippen LogP contribution in [0.4, 0.5) is 5.69 Å². The number of nitrogens with one attached hydrogen (secondary N) is 1. The van der Waals surface area contributed by atoms with Gasteiger partial charge < -0.3 is 15.4 Å². The molecule has 2 heterocycles. The molecule has 3 N–H and O–H groups in total. The topological polar surface area (TPSA) is 138 Å². The summed E-state index contributed by atoms with van der Waals surface area (Å²) in [7, 11) is -3.85. The van der Waals surface area contributed by atoms with Crippen molar-refractivity contribution in [3.8, 4) is 11.8 Å². The van der Waals surface area contributed by atoms with E-state index >= 15 is 0 Å². The number of nitrogens with zero attached hydrogens (tertiary/aromatic N) is 3. The lowest BCUT2D eigenvalue weighted by Gasteiger charge is -2.33. The Kier molecular flexibility index (Phi) is 5.52. The SMILES string of the molecule is N#Cc1ccc(C(=O)N2CCC[C@H](COc3cccc4c3C(N)=NS(=O)(=O)N4)C2)cc1. The lowest BCUT2D eigenvalue weighted by molar-refractivity contribution is 0.0633. The molecule has 1 atom stereocenters. The predicted molar refractivity (Wildman–Crippen MR) is 115 cm³/mol. The van der Waals surface area contributed by atoms with E-state index in [2.05, 4.69) is 9.12 Å². The first-order valence-electron chi connectivity index (χ1n) is 9.80. The number of nitriles is 1. The average Bonchev–Trinajstić information content (AvgIpc) is 2.76. The number of carbonyl (C=O) groups excluding carboxylic acids is 1. The van der Waals surface area contributed by atoms with E-state index in [1.54, 1.807) is 47.4 Å². The number of carbonyl (C=O) groups is 1. The summed E-state index contributed by atoms with van der Waals surface area (Å²) in [4.78, 5) is 14.6. The van der Waals surface area contributed by atoms with Gasteiger partial charge in [0, 0.05) is 24.6 Å². The van der Waals surface area contributed by atoms with Crippen molar-refractivity contribution < 1.29 is 17.9 Å². The van der Waals surface area contributed by atoms with E-state index in [1.165, 1.54) is 0 Å². The number of benzene rings is 2. The molecule has 160 valence electrons. The van der Waals surface area contributed by atoms with E-state index in [-0.39, 0.29) is 17.7 Å². The minimum Gasteiger partial charge on any atom is -0.492 e. The lowest BCUT2D eigenvalue weighted by Crippen LogP contribution is -2.41. The highest BCUT2D eigenvalue weighted by atomic mass is 32.2. The van der Waals surface area contributed by atoms with Gasteiger partial charge in [0.1, 0.15) is 5.75 Å². The van der Waals surface area contributed by atoms with Crippen LogP contribution in [0.3, 0.4) is 0 Å². The van der Waals surface area contributed by atoms with Crippen molar-refractivity contribution in [1.82, 2.24) is 4.90 Å². The molecule has 0 aromatic heterocycles. The van der Waals surface area contributed by atoms with Crippen molar-refractivity contribution >= 4 is 27.6 Å². The zero-order valence-corrected chi connectivity index (χ0v) is 17.4. The number of amides is 1. The molecule has 0 aliphatic carbocycles. The summed E-state index contributed by atoms with van der Waals surface area (Å²) in [6.07, 6.45) is 1.76. The number of anilines is 1. The number of rotatable bonds is 4. The van der Waals surface area contributed by atoms with Crippen LogP contribution in [0.25, 0.3) is 0 Å². The van der Waals surface area contributed by atoms with Crippen molar-refractivity contribution in [2.75, 3.05) is 24.4 Å². The Morgan fingerprint density at radius 3 is 2.81 bits per heavy atom. The summed E-state index contributed by atoms with van der Waals surface area (Å²) in [6, 6.07) is 13.6. The Balaban J connectivity index is 1.43. The van der Waals surface area contributed by atoms with Crippen LogP contribution in [0.5, 0.6) is 5.75 Å². The molecule has 2 aromatic rings. The summed E-state index contributed by atoms with van der Waals surface area (Å²) in [5.41, 5.74) is 7.66. The molecule has 0 bridgehead atoms. The summed E-state index contributed by atoms with van der Waals surface area (Å²) in [5.74, 6) is 0.366. The molecule has 1 fully saturated rings. The van der Waals surface area contributed by atoms with Gasteiger partial charge in [-0.05, 0) is 49.2 Å². The van der Waals surface area contributed by atoms with Gasteiger partial charge in [0.15, 0.2) is 5.84 Å². The van der Waals surface area contributed by atoms with Crippen LogP contribution in [0.1, 0.15) is 34.3 Å². The van der Waals surface area contributed by atoms with Crippen LogP contribution >= 0.6 is 0 Å². The molecular formula is C21H21N5O4S. The first-order valence-corrected chi connectivity index (χ1v) is 11.2. The maximum Gasteiger partial charge on any atom is 0.344 e. The summed E-state index contributed by atoms with van der Waals surface area (Å²) in [6.45, 7) is 1.56. The monoisotopic (exact) mass is 439 g/mol. The fourth-order valence-corrected chi connectivity index (χ4v) is 4.64. The van der Waals surface area contributed by atoms with Gasteiger partial charge in [-0.1, -0.05) is 6.07 Å². The van der Waals surface area contributed by atoms with Crippen molar-refractivity contribution in [2.24, 2.45) is 16.0 Å². The molecule has 1 amide bonds. The molecule has 2 aliphatic rings. The van der Waals surface area contributed by atoms with Crippen LogP contribution in [0.2, 0.25) is 0 Å². The van der Waals surface area contributed by atoms with E-state index < -0.39 is 10.2 Å². The molecule has 9 nitrogen and oxygen atoms in total. The van der Waals surface area contributed by atoms with Gasteiger partial charge >= 0.3 is 10.2 Å². The average molecular weight is 439 g/mol. The minimum atomic E-state index is -3.85. The molecule has 2 aliphatic heterocycles. The predicted octanol–water partition coefficient (Wildman–Crippen LogP) is 1.87. The van der Waals surface area contributed by atoms with Gasteiger partial charge in [0.2, 0.25) is 0 Å². The second-order valence-corrected chi connectivity index (χ2v) is 8.83. The van der Waals surface area contributed by atoms with Gasteiger partial charge in [-0.2, -0.15) is 13.7 Å². The maximum atomic E-state index is 12.8. The van der Waals surface area contributed by atoms with E-state index in [0.29, 0.717) is 47.8 Å². The lowest BCUT2D eigenvalue weighted by atomic mass is 9.98. The Labute approximate surface area is 180 Å². The molecule has 10 heteroatoms. The van der Waals surface area contributed by atoms with Crippen molar-refractivity contribution in [3.63, 3.8) is 0 Å². The highest BCUT2D eigenvalue weighted by Crippen LogP contribution is 2.31. The Hall–Kier alpha value is -3.58. The van der Waals surface area contributed by atoms with Crippen LogP contribution in [0, 0.1) is 17.2 Å². The molecule has 1 saturated heterocycles. The molecule has 0 spiro atoms. The number of nitrogens with two attached hydrogens (primary N) is 1. The largest absolute Gasteiger partial charge is 0.492 e. The number of likely N-dealkylation sites (tertiary alicyclic amines) is 1. The van der Waals surface area contributed by atoms with E-state index in [1.807, 2.05) is 6.07 Å². The first-order chi connectivity index (χ1) is 14.9. The number of hydrogen-bond donors (Lipinski definition) is 2. The number of piperidine rings is 1. The van der Waals surface area contributed by atoms with Gasteiger partial charge in [-0.3, -0.25) is 9.52 Å². The number of hydrogen-bond acceptors (Lipinski definition) is 6. The standard InChI is InChI=1S/C21H21N5O4S/c22-11-14-6-8-16(9-7-14)21(27)26-10-2-3-15(12-26)13-30-18-5-1-4-17-19(18)20(23)25-31(28,29)24-17/h1,4-9,15,24H,2-3,10,12-13H2,(H2,23,25)/t15-/m0/s1. The van der Waals surface area contributed by atoms with E-state index in [4.69, 9.17) is 15.7 Å². The van der Waals surface area contributed by atoms with Crippen molar-refractivity contribution in [2.45, 2.75) is 12.8 Å². The van der Waals surface area contributed by atoms with Crippen LogP contribution in [-0.4, -0.2) is 44.8 Å². The molecule has 0 unspecified atom stereocenters. The second-order valence-electron chi connectivity index (χ2n) is 7.49. The first kappa shape index (κ1) is 20.7. The molecular weight excluding hydrogens is 418 g/mol. The third-order valence-corrected chi connectivity index (χ3v) is 6.20. The Morgan fingerprint density at radius 2 is 2.06 bits per heavy atom. The molecule has 4 rings (SSSR count). The van der Waals surface area contributed by atoms with Gasteiger partial charge in [-0.15, -0.1) is 4.40 Å². The molecule has 0 radical (unpaired) electrons. The molecule has 31 heavy (non-hydrogen) atoms. The Bertz CT molecular complexity index is 1190. The van der Waals surface area contributed by atoms with Crippen LogP contribution in [-0.2, 0) is 10.2 Å². The molecule has 2 aromatic carbocycles. The van der Waals surface area contributed by atoms with E-state index in [9.17, 15) is 13.2 Å². The van der Waals surface area contributed by atoms with Crippen molar-refractivity contribution in [3.05, 3.63) is 59.2 Å². The second kappa shape index (κ2) is 8.28. The maximum absolute atomic E-state index is 12.8. The molecule has 0 saturated carbocycles. The normalized spacial score (nSPS) is 19.4. The summed E-state index contributed by atoms with van der Waals surface area (Å²) >= 11 is 0. The fourth-order valence-electron chi connectivity index (χ4n) is 3.80. The summed E-state index contributed by atoms with van der Waals surface area (Å²) in [5, 5.41) is 8.91. The number of amidine groups is 1. The number of ether oxygens (including phenoxy) is 1. The van der Waals surface area contributed by atoms with E-state index in [0.717, 1.165) is 12.8 Å². The third kappa shape index (κ3) is 4.46. The summed E-state index contributed by atoms with van der Waals surface area (Å²) < 4.78 is 35.3. The third-order valence-electron chi connectivity index (χ3n) is 5.28.